The predicted octanol–water partition coefficient (Wildman–Crippen LogP) is 5.90. The number of thioether (sulfide) groups is 1. The second kappa shape index (κ2) is 8.70. The highest BCUT2D eigenvalue weighted by atomic mass is 32.2. The molecule has 5 nitrogen and oxygen atoms in total. The first-order valence-electron chi connectivity index (χ1n) is 9.85. The molecule has 0 bridgehead atoms. The number of hydrogen-bond acceptors (Lipinski definition) is 4. The molecule has 1 aliphatic heterocycles. The second-order valence-corrected chi connectivity index (χ2v) is 8.10. The molecule has 0 radical (unpaired) electrons. The number of carbonyl (C=O) groups is 2. The SMILES string of the molecule is C=CCOc1ccc(-n2c(C)cc(C=C3SC(=O)N(c4ccccc4)C3=O)c2C)cc1. The van der Waals surface area contributed by atoms with Crippen molar-refractivity contribution in [2.45, 2.75) is 13.8 Å². The quantitative estimate of drug-likeness (QED) is 0.361. The zero-order valence-electron chi connectivity index (χ0n) is 17.4. The van der Waals surface area contributed by atoms with Gasteiger partial charge in [0, 0.05) is 17.1 Å². The molecule has 0 saturated carbocycles. The maximum absolute atomic E-state index is 12.9. The molecule has 0 N–H and O–H groups in total. The van der Waals surface area contributed by atoms with Crippen molar-refractivity contribution in [3.63, 3.8) is 0 Å². The van der Waals surface area contributed by atoms with Crippen LogP contribution in [0.5, 0.6) is 5.75 Å². The third-order valence-corrected chi connectivity index (χ3v) is 5.90. The monoisotopic (exact) mass is 430 g/mol. The minimum atomic E-state index is -0.297. The first kappa shape index (κ1) is 20.8. The van der Waals surface area contributed by atoms with E-state index in [-0.39, 0.29) is 11.1 Å². The molecule has 156 valence electrons. The number of aryl methyl sites for hydroxylation is 1. The Hall–Kier alpha value is -3.51. The maximum atomic E-state index is 12.9. The first-order valence-corrected chi connectivity index (χ1v) is 10.7. The normalized spacial score (nSPS) is 15.0. The fraction of sp³-hybridized carbons (Fsp3) is 0.120. The van der Waals surface area contributed by atoms with Crippen molar-refractivity contribution in [2.75, 3.05) is 11.5 Å². The fourth-order valence-corrected chi connectivity index (χ4v) is 4.42. The molecule has 1 aliphatic rings. The van der Waals surface area contributed by atoms with Crippen LogP contribution in [0.15, 0.2) is 78.2 Å². The number of nitrogens with zero attached hydrogens (tertiary/aromatic N) is 2. The van der Waals surface area contributed by atoms with Crippen LogP contribution < -0.4 is 9.64 Å². The lowest BCUT2D eigenvalue weighted by Gasteiger charge is -2.11. The van der Waals surface area contributed by atoms with Gasteiger partial charge in [-0.3, -0.25) is 9.59 Å². The molecule has 0 aliphatic carbocycles. The Balaban J connectivity index is 1.63. The second-order valence-electron chi connectivity index (χ2n) is 7.11. The molecule has 1 aromatic heterocycles. The van der Waals surface area contributed by atoms with Crippen LogP contribution in [0.25, 0.3) is 11.8 Å². The van der Waals surface area contributed by atoms with Crippen LogP contribution in [-0.2, 0) is 4.79 Å². The molecule has 2 amide bonds. The van der Waals surface area contributed by atoms with E-state index in [2.05, 4.69) is 11.1 Å². The number of amides is 2. The third kappa shape index (κ3) is 4.07. The van der Waals surface area contributed by atoms with Crippen LogP contribution in [0.4, 0.5) is 10.5 Å². The molecule has 31 heavy (non-hydrogen) atoms. The topological polar surface area (TPSA) is 51.5 Å². The van der Waals surface area contributed by atoms with Crippen LogP contribution in [0.3, 0.4) is 0 Å². The minimum Gasteiger partial charge on any atom is -0.490 e. The van der Waals surface area contributed by atoms with Crippen LogP contribution in [0, 0.1) is 13.8 Å². The van der Waals surface area contributed by atoms with E-state index in [0.717, 1.165) is 40.2 Å². The number of para-hydroxylation sites is 1. The zero-order chi connectivity index (χ0) is 22.0. The Kier molecular flexibility index (Phi) is 5.82. The van der Waals surface area contributed by atoms with Crippen molar-refractivity contribution < 1.29 is 14.3 Å². The van der Waals surface area contributed by atoms with Gasteiger partial charge in [-0.2, -0.15) is 0 Å². The first-order chi connectivity index (χ1) is 15.0. The summed E-state index contributed by atoms with van der Waals surface area (Å²) in [6, 6.07) is 18.8. The van der Waals surface area contributed by atoms with E-state index in [9.17, 15) is 9.59 Å². The molecule has 3 aromatic rings. The Bertz CT molecular complexity index is 1180. The highest BCUT2D eigenvalue weighted by Crippen LogP contribution is 2.36. The lowest BCUT2D eigenvalue weighted by molar-refractivity contribution is -0.113. The van der Waals surface area contributed by atoms with Gasteiger partial charge in [-0.25, -0.2) is 4.90 Å². The average molecular weight is 431 g/mol. The number of rotatable bonds is 6. The number of carbonyl (C=O) groups excluding carboxylic acids is 2. The van der Waals surface area contributed by atoms with E-state index in [4.69, 9.17) is 4.74 Å². The number of hydrogen-bond donors (Lipinski definition) is 0. The van der Waals surface area contributed by atoms with Crippen LogP contribution in [0.1, 0.15) is 17.0 Å². The van der Waals surface area contributed by atoms with Gasteiger partial charge in [0.15, 0.2) is 0 Å². The van der Waals surface area contributed by atoms with Gasteiger partial charge < -0.3 is 9.30 Å². The molecule has 1 fully saturated rings. The lowest BCUT2D eigenvalue weighted by atomic mass is 10.2. The fourth-order valence-electron chi connectivity index (χ4n) is 3.59. The largest absolute Gasteiger partial charge is 0.490 e. The summed E-state index contributed by atoms with van der Waals surface area (Å²) >= 11 is 0.965. The summed E-state index contributed by atoms with van der Waals surface area (Å²) in [4.78, 5) is 27.0. The molecule has 0 atom stereocenters. The molecule has 4 rings (SSSR count). The highest BCUT2D eigenvalue weighted by Gasteiger charge is 2.36. The number of aromatic nitrogens is 1. The van der Waals surface area contributed by atoms with Crippen LogP contribution >= 0.6 is 11.8 Å². The van der Waals surface area contributed by atoms with E-state index in [0.29, 0.717) is 17.2 Å². The van der Waals surface area contributed by atoms with Gasteiger partial charge in [-0.15, -0.1) is 0 Å². The Labute approximate surface area is 185 Å². The highest BCUT2D eigenvalue weighted by molar-refractivity contribution is 8.19. The summed E-state index contributed by atoms with van der Waals surface area (Å²) in [6.45, 7) is 8.14. The molecular formula is C25H22N2O3S. The van der Waals surface area contributed by atoms with Gasteiger partial charge in [-0.1, -0.05) is 30.9 Å². The zero-order valence-corrected chi connectivity index (χ0v) is 18.2. The summed E-state index contributed by atoms with van der Waals surface area (Å²) in [5.41, 5.74) is 4.51. The van der Waals surface area contributed by atoms with Crippen molar-refractivity contribution in [3.05, 3.63) is 95.2 Å². The van der Waals surface area contributed by atoms with Crippen molar-refractivity contribution in [1.29, 1.82) is 0 Å². The third-order valence-electron chi connectivity index (χ3n) is 5.03. The standard InChI is InChI=1S/C25H22N2O3S/c1-4-14-30-22-12-10-21(11-13-22)26-17(2)15-19(18(26)3)16-23-24(28)27(25(29)31-23)20-8-6-5-7-9-20/h4-13,15-16H,1,14H2,2-3H3. The van der Waals surface area contributed by atoms with Crippen molar-refractivity contribution in [3.8, 4) is 11.4 Å². The summed E-state index contributed by atoms with van der Waals surface area (Å²) < 4.78 is 7.67. The number of anilines is 1. The van der Waals surface area contributed by atoms with E-state index in [1.54, 1.807) is 24.3 Å². The molecule has 0 spiro atoms. The van der Waals surface area contributed by atoms with E-state index in [1.165, 1.54) is 4.90 Å². The van der Waals surface area contributed by atoms with E-state index in [1.807, 2.05) is 62.4 Å². The smallest absolute Gasteiger partial charge is 0.298 e. The molecule has 2 heterocycles. The summed E-state index contributed by atoms with van der Waals surface area (Å²) in [5, 5.41) is -0.286. The number of imide groups is 1. The predicted molar refractivity (Wildman–Crippen MR) is 126 cm³/mol. The number of ether oxygens (including phenoxy) is 1. The molecule has 6 heteroatoms. The summed E-state index contributed by atoms with van der Waals surface area (Å²) in [6.07, 6.45) is 3.51. The van der Waals surface area contributed by atoms with Crippen LogP contribution in [0.2, 0.25) is 0 Å². The van der Waals surface area contributed by atoms with Gasteiger partial charge in [0.05, 0.1) is 10.6 Å². The van der Waals surface area contributed by atoms with Gasteiger partial charge in [0.1, 0.15) is 12.4 Å². The van der Waals surface area contributed by atoms with E-state index < -0.39 is 0 Å². The van der Waals surface area contributed by atoms with Gasteiger partial charge >= 0.3 is 0 Å². The molecule has 2 aromatic carbocycles. The average Bonchev–Trinajstić information content (AvgIpc) is 3.21. The number of benzene rings is 2. The Morgan fingerprint density at radius 1 is 1.00 bits per heavy atom. The van der Waals surface area contributed by atoms with Gasteiger partial charge in [-0.05, 0) is 79.7 Å². The maximum Gasteiger partial charge on any atom is 0.298 e. The van der Waals surface area contributed by atoms with Crippen molar-refractivity contribution >= 4 is 34.7 Å². The van der Waals surface area contributed by atoms with Crippen molar-refractivity contribution in [2.24, 2.45) is 0 Å². The van der Waals surface area contributed by atoms with Crippen LogP contribution in [-0.4, -0.2) is 22.3 Å². The van der Waals surface area contributed by atoms with Gasteiger partial charge in [0.25, 0.3) is 11.1 Å². The molecule has 0 unspecified atom stereocenters. The lowest BCUT2D eigenvalue weighted by Crippen LogP contribution is -2.27. The minimum absolute atomic E-state index is 0.286. The van der Waals surface area contributed by atoms with E-state index >= 15 is 0 Å². The molecular weight excluding hydrogens is 408 g/mol. The summed E-state index contributed by atoms with van der Waals surface area (Å²) in [5.74, 6) is 0.482. The molecule has 1 saturated heterocycles. The Morgan fingerprint density at radius 2 is 1.71 bits per heavy atom. The van der Waals surface area contributed by atoms with Gasteiger partial charge in [0.2, 0.25) is 0 Å². The van der Waals surface area contributed by atoms with Crippen molar-refractivity contribution in [1.82, 2.24) is 4.57 Å². The summed E-state index contributed by atoms with van der Waals surface area (Å²) in [7, 11) is 0. The Morgan fingerprint density at radius 3 is 2.39 bits per heavy atom.